The first-order chi connectivity index (χ1) is 5.85. The van der Waals surface area contributed by atoms with E-state index in [1.165, 1.54) is 0 Å². The second-order valence-electron chi connectivity index (χ2n) is 2.69. The molecular weight excluding hydrogens is 148 g/mol. The van der Waals surface area contributed by atoms with Crippen molar-refractivity contribution in [3.63, 3.8) is 0 Å². The van der Waals surface area contributed by atoms with Crippen LogP contribution in [-0.4, -0.2) is 12.7 Å². The first kappa shape index (κ1) is 11.4. The van der Waals surface area contributed by atoms with Crippen LogP contribution in [0.15, 0.2) is 24.3 Å². The Bertz CT molecular complexity index is 122. The Kier molecular flexibility index (Phi) is 8.14. The van der Waals surface area contributed by atoms with Crippen LogP contribution in [0.1, 0.15) is 33.6 Å². The van der Waals surface area contributed by atoms with Crippen LogP contribution in [0.4, 0.5) is 0 Å². The molecule has 0 aromatic carbocycles. The summed E-state index contributed by atoms with van der Waals surface area (Å²) in [6.45, 7) is 6.93. The number of rotatable bonds is 6. The van der Waals surface area contributed by atoms with Gasteiger partial charge in [0.25, 0.3) is 0 Å². The van der Waals surface area contributed by atoms with Gasteiger partial charge in [-0.05, 0) is 33.6 Å². The van der Waals surface area contributed by atoms with Crippen molar-refractivity contribution in [3.8, 4) is 0 Å². The maximum Gasteiger partial charge on any atom is 0.0643 e. The largest absolute Gasteiger partial charge is 0.378 e. The highest BCUT2D eigenvalue weighted by Gasteiger charge is 2.02. The van der Waals surface area contributed by atoms with Gasteiger partial charge in [-0.15, -0.1) is 0 Å². The molecule has 0 heterocycles. The molecule has 0 saturated heterocycles. The third-order valence-electron chi connectivity index (χ3n) is 1.67. The van der Waals surface area contributed by atoms with E-state index in [1.54, 1.807) is 0 Å². The molecule has 1 heteroatoms. The van der Waals surface area contributed by atoms with Crippen LogP contribution in [0.2, 0.25) is 0 Å². The van der Waals surface area contributed by atoms with E-state index in [4.69, 9.17) is 4.74 Å². The molecule has 0 aliphatic heterocycles. The fourth-order valence-corrected chi connectivity index (χ4v) is 1.04. The summed E-state index contributed by atoms with van der Waals surface area (Å²) in [4.78, 5) is 0. The van der Waals surface area contributed by atoms with E-state index in [0.717, 1.165) is 19.4 Å². The Labute approximate surface area is 76.1 Å². The number of hydrogen-bond acceptors (Lipinski definition) is 1. The van der Waals surface area contributed by atoms with Crippen molar-refractivity contribution in [1.29, 1.82) is 0 Å². The Balaban J connectivity index is 3.68. The average molecular weight is 168 g/mol. The van der Waals surface area contributed by atoms with Crippen LogP contribution in [0.25, 0.3) is 0 Å². The molecule has 0 radical (unpaired) electrons. The molecule has 1 nitrogen and oxygen atoms in total. The SMILES string of the molecule is CC=CCC(CC=CC)OCC. The van der Waals surface area contributed by atoms with Crippen molar-refractivity contribution in [2.45, 2.75) is 39.7 Å². The second-order valence-corrected chi connectivity index (χ2v) is 2.69. The molecule has 0 aromatic heterocycles. The van der Waals surface area contributed by atoms with Gasteiger partial charge < -0.3 is 4.74 Å². The van der Waals surface area contributed by atoms with E-state index >= 15 is 0 Å². The third kappa shape index (κ3) is 6.17. The Morgan fingerprint density at radius 3 is 1.92 bits per heavy atom. The number of ether oxygens (including phenoxy) is 1. The molecular formula is C11H20O. The summed E-state index contributed by atoms with van der Waals surface area (Å²) in [5.41, 5.74) is 0. The molecule has 12 heavy (non-hydrogen) atoms. The van der Waals surface area contributed by atoms with Gasteiger partial charge in [0.15, 0.2) is 0 Å². The van der Waals surface area contributed by atoms with E-state index in [1.807, 2.05) is 20.8 Å². The average Bonchev–Trinajstić information content (AvgIpc) is 2.10. The molecule has 0 aromatic rings. The first-order valence-corrected chi connectivity index (χ1v) is 4.69. The smallest absolute Gasteiger partial charge is 0.0643 e. The minimum absolute atomic E-state index is 0.363. The monoisotopic (exact) mass is 168 g/mol. The zero-order valence-electron chi connectivity index (χ0n) is 8.42. The molecule has 0 N–H and O–H groups in total. The van der Waals surface area contributed by atoms with Gasteiger partial charge in [-0.2, -0.15) is 0 Å². The molecule has 0 aliphatic rings. The highest BCUT2D eigenvalue weighted by atomic mass is 16.5. The fourth-order valence-electron chi connectivity index (χ4n) is 1.04. The summed E-state index contributed by atoms with van der Waals surface area (Å²) in [6.07, 6.45) is 10.9. The summed E-state index contributed by atoms with van der Waals surface area (Å²) >= 11 is 0. The summed E-state index contributed by atoms with van der Waals surface area (Å²) in [6, 6.07) is 0. The maximum atomic E-state index is 5.54. The lowest BCUT2D eigenvalue weighted by Gasteiger charge is -2.12. The second kappa shape index (κ2) is 8.54. The highest BCUT2D eigenvalue weighted by Crippen LogP contribution is 2.05. The molecule has 0 amide bonds. The van der Waals surface area contributed by atoms with E-state index in [9.17, 15) is 0 Å². The molecule has 0 bridgehead atoms. The summed E-state index contributed by atoms with van der Waals surface area (Å²) in [5, 5.41) is 0. The molecule has 70 valence electrons. The zero-order chi connectivity index (χ0) is 9.23. The third-order valence-corrected chi connectivity index (χ3v) is 1.67. The molecule has 0 aliphatic carbocycles. The number of allylic oxidation sites excluding steroid dienone is 2. The van der Waals surface area contributed by atoms with Crippen LogP contribution in [0, 0.1) is 0 Å². The predicted octanol–water partition coefficient (Wildman–Crippen LogP) is 3.32. The van der Waals surface area contributed by atoms with Crippen molar-refractivity contribution >= 4 is 0 Å². The minimum Gasteiger partial charge on any atom is -0.378 e. The normalized spacial score (nSPS) is 14.6. The lowest BCUT2D eigenvalue weighted by Crippen LogP contribution is -2.10. The van der Waals surface area contributed by atoms with Crippen molar-refractivity contribution in [2.24, 2.45) is 0 Å². The van der Waals surface area contributed by atoms with Gasteiger partial charge in [-0.3, -0.25) is 0 Å². The molecule has 0 atom stereocenters. The van der Waals surface area contributed by atoms with Crippen molar-refractivity contribution in [3.05, 3.63) is 24.3 Å². The number of hydrogen-bond donors (Lipinski definition) is 0. The Hall–Kier alpha value is -0.560. The Morgan fingerprint density at radius 1 is 1.08 bits per heavy atom. The van der Waals surface area contributed by atoms with Crippen molar-refractivity contribution < 1.29 is 4.74 Å². The standard InChI is InChI=1S/C11H20O/c1-4-7-9-11(12-6-3)10-8-5-2/h4-5,7-8,11H,6,9-10H2,1-3H3. The fraction of sp³-hybridized carbons (Fsp3) is 0.636. The van der Waals surface area contributed by atoms with Gasteiger partial charge in [0.1, 0.15) is 0 Å². The quantitative estimate of drug-likeness (QED) is 0.553. The van der Waals surface area contributed by atoms with E-state index in [2.05, 4.69) is 24.3 Å². The molecule has 0 fully saturated rings. The van der Waals surface area contributed by atoms with Crippen LogP contribution in [-0.2, 0) is 4.74 Å². The van der Waals surface area contributed by atoms with Gasteiger partial charge >= 0.3 is 0 Å². The van der Waals surface area contributed by atoms with Crippen LogP contribution in [0.3, 0.4) is 0 Å². The zero-order valence-corrected chi connectivity index (χ0v) is 8.42. The minimum atomic E-state index is 0.363. The summed E-state index contributed by atoms with van der Waals surface area (Å²) < 4.78 is 5.54. The van der Waals surface area contributed by atoms with E-state index < -0.39 is 0 Å². The van der Waals surface area contributed by atoms with Crippen molar-refractivity contribution in [1.82, 2.24) is 0 Å². The van der Waals surface area contributed by atoms with Gasteiger partial charge in [-0.1, -0.05) is 24.3 Å². The first-order valence-electron chi connectivity index (χ1n) is 4.69. The molecule has 0 rings (SSSR count). The van der Waals surface area contributed by atoms with Crippen LogP contribution >= 0.6 is 0 Å². The van der Waals surface area contributed by atoms with E-state index in [0.29, 0.717) is 6.10 Å². The van der Waals surface area contributed by atoms with E-state index in [-0.39, 0.29) is 0 Å². The van der Waals surface area contributed by atoms with Crippen molar-refractivity contribution in [2.75, 3.05) is 6.61 Å². The highest BCUT2D eigenvalue weighted by molar-refractivity contribution is 4.86. The lowest BCUT2D eigenvalue weighted by molar-refractivity contribution is 0.0673. The lowest BCUT2D eigenvalue weighted by atomic mass is 10.1. The summed E-state index contributed by atoms with van der Waals surface area (Å²) in [7, 11) is 0. The maximum absolute atomic E-state index is 5.54. The molecule has 0 spiro atoms. The van der Waals surface area contributed by atoms with Crippen LogP contribution in [0.5, 0.6) is 0 Å². The Morgan fingerprint density at radius 2 is 1.58 bits per heavy atom. The van der Waals surface area contributed by atoms with Gasteiger partial charge in [0, 0.05) is 6.61 Å². The van der Waals surface area contributed by atoms with Gasteiger partial charge in [0.05, 0.1) is 6.10 Å². The predicted molar refractivity (Wildman–Crippen MR) is 54.3 cm³/mol. The van der Waals surface area contributed by atoms with Crippen LogP contribution < -0.4 is 0 Å². The van der Waals surface area contributed by atoms with Gasteiger partial charge in [0.2, 0.25) is 0 Å². The molecule has 0 saturated carbocycles. The molecule has 0 unspecified atom stereocenters. The van der Waals surface area contributed by atoms with Gasteiger partial charge in [-0.25, -0.2) is 0 Å². The topological polar surface area (TPSA) is 9.23 Å². The summed E-state index contributed by atoms with van der Waals surface area (Å²) in [5.74, 6) is 0.